The largest absolute Gasteiger partial charge is 0.316 e. The molecule has 4 nitrogen and oxygen atoms in total. The molecule has 2 rings (SSSR count). The molecule has 1 heterocycles. The number of unbranched alkanes of at least 4 members (excludes halogenated alkanes) is 2. The van der Waals surface area contributed by atoms with Crippen LogP contribution in [-0.2, 0) is 7.05 Å². The van der Waals surface area contributed by atoms with Crippen LogP contribution in [0, 0.1) is 18.8 Å². The number of rotatable bonds is 12. The SMILES string of the molecule is CCCCC(CC)CNCC(CC)CCCC.Cc1cccc2c1nnn2C. The Balaban J connectivity index is 0.000000302. The smallest absolute Gasteiger partial charge is 0.116 e. The molecule has 1 aromatic heterocycles. The summed E-state index contributed by atoms with van der Waals surface area (Å²) in [6, 6.07) is 6.07. The van der Waals surface area contributed by atoms with Crippen molar-refractivity contribution in [2.45, 2.75) is 86.0 Å². The van der Waals surface area contributed by atoms with Crippen molar-refractivity contribution in [2.24, 2.45) is 18.9 Å². The minimum absolute atomic E-state index is 0.902. The van der Waals surface area contributed by atoms with Gasteiger partial charge < -0.3 is 5.32 Å². The Morgan fingerprint density at radius 1 is 0.929 bits per heavy atom. The fraction of sp³-hybridized carbons (Fsp3) is 0.750. The zero-order valence-corrected chi connectivity index (χ0v) is 19.3. The van der Waals surface area contributed by atoms with Gasteiger partial charge in [0.15, 0.2) is 0 Å². The van der Waals surface area contributed by atoms with Gasteiger partial charge in [0.2, 0.25) is 0 Å². The summed E-state index contributed by atoms with van der Waals surface area (Å²) >= 11 is 0. The highest BCUT2D eigenvalue weighted by molar-refractivity contribution is 5.77. The van der Waals surface area contributed by atoms with E-state index >= 15 is 0 Å². The molecule has 0 radical (unpaired) electrons. The Hall–Kier alpha value is -1.42. The first-order chi connectivity index (χ1) is 13.6. The van der Waals surface area contributed by atoms with Crippen LogP contribution in [0.1, 0.15) is 84.6 Å². The topological polar surface area (TPSA) is 42.7 Å². The highest BCUT2D eigenvalue weighted by Crippen LogP contribution is 2.14. The van der Waals surface area contributed by atoms with Crippen molar-refractivity contribution in [1.29, 1.82) is 0 Å². The molecule has 1 N–H and O–H groups in total. The molecule has 0 bridgehead atoms. The summed E-state index contributed by atoms with van der Waals surface area (Å²) < 4.78 is 1.78. The van der Waals surface area contributed by atoms with Gasteiger partial charge >= 0.3 is 0 Å². The van der Waals surface area contributed by atoms with Gasteiger partial charge in [0.05, 0.1) is 5.52 Å². The molecule has 0 aliphatic rings. The first-order valence-corrected chi connectivity index (χ1v) is 11.5. The summed E-state index contributed by atoms with van der Waals surface area (Å²) in [7, 11) is 1.90. The summed E-state index contributed by atoms with van der Waals surface area (Å²) in [4.78, 5) is 0. The van der Waals surface area contributed by atoms with E-state index in [0.29, 0.717) is 0 Å². The molecule has 0 saturated carbocycles. The van der Waals surface area contributed by atoms with E-state index in [9.17, 15) is 0 Å². The number of nitrogens with zero attached hydrogens (tertiary/aromatic N) is 3. The van der Waals surface area contributed by atoms with Crippen LogP contribution in [0.25, 0.3) is 11.0 Å². The van der Waals surface area contributed by atoms with Gasteiger partial charge in [-0.2, -0.15) is 0 Å². The average molecular weight is 389 g/mol. The minimum atomic E-state index is 0.902. The van der Waals surface area contributed by atoms with Crippen molar-refractivity contribution >= 4 is 11.0 Å². The van der Waals surface area contributed by atoms with Crippen molar-refractivity contribution in [3.8, 4) is 0 Å². The molecule has 4 heteroatoms. The maximum Gasteiger partial charge on any atom is 0.116 e. The van der Waals surface area contributed by atoms with Crippen LogP contribution in [0.2, 0.25) is 0 Å². The molecule has 28 heavy (non-hydrogen) atoms. The Bertz CT molecular complexity index is 619. The van der Waals surface area contributed by atoms with Gasteiger partial charge in [0.1, 0.15) is 5.52 Å². The van der Waals surface area contributed by atoms with E-state index in [1.165, 1.54) is 70.0 Å². The quantitative estimate of drug-likeness (QED) is 0.465. The highest BCUT2D eigenvalue weighted by atomic mass is 15.4. The van der Waals surface area contributed by atoms with E-state index in [0.717, 1.165) is 22.9 Å². The summed E-state index contributed by atoms with van der Waals surface area (Å²) in [5.74, 6) is 1.80. The molecule has 2 unspecified atom stereocenters. The fourth-order valence-electron chi connectivity index (χ4n) is 3.57. The Kier molecular flexibility index (Phi) is 12.8. The lowest BCUT2D eigenvalue weighted by Gasteiger charge is -2.19. The molecule has 160 valence electrons. The molecule has 0 amide bonds. The van der Waals surface area contributed by atoms with Crippen LogP contribution in [0.15, 0.2) is 18.2 Å². The van der Waals surface area contributed by atoms with Gasteiger partial charge in [-0.3, -0.25) is 0 Å². The van der Waals surface area contributed by atoms with Gasteiger partial charge in [-0.15, -0.1) is 5.10 Å². The Morgan fingerprint density at radius 2 is 1.50 bits per heavy atom. The second kappa shape index (κ2) is 14.6. The van der Waals surface area contributed by atoms with E-state index in [1.54, 1.807) is 4.68 Å². The maximum atomic E-state index is 4.03. The average Bonchev–Trinajstić information content (AvgIpc) is 3.10. The number of nitrogens with one attached hydrogen (secondary N) is 1. The van der Waals surface area contributed by atoms with Gasteiger partial charge in [-0.1, -0.05) is 83.6 Å². The van der Waals surface area contributed by atoms with E-state index < -0.39 is 0 Å². The normalized spacial score (nSPS) is 13.2. The second-order valence-electron chi connectivity index (χ2n) is 8.15. The maximum absolute atomic E-state index is 4.03. The number of aromatic nitrogens is 3. The summed E-state index contributed by atoms with van der Waals surface area (Å²) in [5, 5.41) is 11.7. The number of hydrogen-bond acceptors (Lipinski definition) is 3. The predicted octanol–water partition coefficient (Wildman–Crippen LogP) is 6.29. The van der Waals surface area contributed by atoms with E-state index in [1.807, 2.05) is 32.2 Å². The first-order valence-electron chi connectivity index (χ1n) is 11.5. The number of hydrogen-bond donors (Lipinski definition) is 1. The van der Waals surface area contributed by atoms with E-state index in [4.69, 9.17) is 0 Å². The third-order valence-electron chi connectivity index (χ3n) is 5.80. The zero-order chi connectivity index (χ0) is 20.8. The lowest BCUT2D eigenvalue weighted by Crippen LogP contribution is -2.28. The number of fused-ring (bicyclic) bond motifs is 1. The number of aryl methyl sites for hydroxylation is 2. The van der Waals surface area contributed by atoms with Gasteiger partial charge in [-0.25, -0.2) is 4.68 Å². The zero-order valence-electron chi connectivity index (χ0n) is 19.3. The van der Waals surface area contributed by atoms with Gasteiger partial charge in [0, 0.05) is 7.05 Å². The third-order valence-corrected chi connectivity index (χ3v) is 5.80. The van der Waals surface area contributed by atoms with E-state index in [-0.39, 0.29) is 0 Å². The van der Waals surface area contributed by atoms with Crippen LogP contribution in [0.5, 0.6) is 0 Å². The van der Waals surface area contributed by atoms with Crippen LogP contribution < -0.4 is 5.32 Å². The molecule has 0 spiro atoms. The monoisotopic (exact) mass is 388 g/mol. The molecular weight excluding hydrogens is 344 g/mol. The minimum Gasteiger partial charge on any atom is -0.316 e. The van der Waals surface area contributed by atoms with Gasteiger partial charge in [0.25, 0.3) is 0 Å². The molecule has 0 fully saturated rings. The van der Waals surface area contributed by atoms with Gasteiger partial charge in [-0.05, 0) is 56.3 Å². The van der Waals surface area contributed by atoms with Crippen LogP contribution in [-0.4, -0.2) is 28.1 Å². The lowest BCUT2D eigenvalue weighted by molar-refractivity contribution is 0.372. The third kappa shape index (κ3) is 8.72. The van der Waals surface area contributed by atoms with Crippen molar-refractivity contribution < 1.29 is 0 Å². The Morgan fingerprint density at radius 3 is 1.96 bits per heavy atom. The van der Waals surface area contributed by atoms with Crippen molar-refractivity contribution in [2.75, 3.05) is 13.1 Å². The standard InChI is InChI=1S/C16H35N.C8H9N3/c1-5-9-11-15(7-3)13-17-14-16(8-4)12-10-6-2;1-6-4-3-5-7-8(6)9-10-11(7)2/h15-17H,5-14H2,1-4H3;3-5H,1-2H3. The van der Waals surface area contributed by atoms with Crippen LogP contribution >= 0.6 is 0 Å². The molecule has 0 aliphatic heterocycles. The molecule has 1 aromatic carbocycles. The Labute approximate surface area is 173 Å². The number of benzene rings is 1. The lowest BCUT2D eigenvalue weighted by atomic mass is 9.97. The molecular formula is C24H44N4. The van der Waals surface area contributed by atoms with Crippen LogP contribution in [0.3, 0.4) is 0 Å². The fourth-order valence-corrected chi connectivity index (χ4v) is 3.57. The second-order valence-corrected chi connectivity index (χ2v) is 8.15. The molecule has 2 atom stereocenters. The van der Waals surface area contributed by atoms with Crippen molar-refractivity contribution in [3.63, 3.8) is 0 Å². The summed E-state index contributed by atoms with van der Waals surface area (Å²) in [6.45, 7) is 13.7. The van der Waals surface area contributed by atoms with Crippen molar-refractivity contribution in [1.82, 2.24) is 20.3 Å². The molecule has 0 saturated heterocycles. The van der Waals surface area contributed by atoms with Crippen LogP contribution in [0.4, 0.5) is 0 Å². The summed E-state index contributed by atoms with van der Waals surface area (Å²) in [5.41, 5.74) is 3.26. The highest BCUT2D eigenvalue weighted by Gasteiger charge is 2.08. The first kappa shape index (κ1) is 24.6. The molecule has 0 aliphatic carbocycles. The van der Waals surface area contributed by atoms with Crippen molar-refractivity contribution in [3.05, 3.63) is 23.8 Å². The predicted molar refractivity (Wildman–Crippen MR) is 123 cm³/mol. The molecule has 2 aromatic rings. The van der Waals surface area contributed by atoms with E-state index in [2.05, 4.69) is 43.3 Å². The summed E-state index contributed by atoms with van der Waals surface area (Å²) in [6.07, 6.45) is 10.9.